The molecular weight excluding hydrogens is 326 g/mol. The molecule has 5 nitrogen and oxygen atoms in total. The maximum absolute atomic E-state index is 12.7. The number of carbonyl (C=O) groups excluding carboxylic acids is 2. The van der Waals surface area contributed by atoms with Gasteiger partial charge in [0.1, 0.15) is 6.61 Å². The molecule has 1 aliphatic heterocycles. The first-order chi connectivity index (χ1) is 11.6. The van der Waals surface area contributed by atoms with Crippen molar-refractivity contribution >= 4 is 23.1 Å². The Balaban J connectivity index is 1.99. The lowest BCUT2D eigenvalue weighted by Crippen LogP contribution is -2.34. The normalized spacial score (nSPS) is 20.8. The highest BCUT2D eigenvalue weighted by Crippen LogP contribution is 2.43. The number of dihydropyridines is 1. The molecule has 24 heavy (non-hydrogen) atoms. The lowest BCUT2D eigenvalue weighted by atomic mass is 9.78. The van der Waals surface area contributed by atoms with Crippen LogP contribution in [0.25, 0.3) is 0 Å². The van der Waals surface area contributed by atoms with E-state index in [-0.39, 0.29) is 24.3 Å². The topological polar surface area (TPSA) is 64.6 Å². The number of allylic oxidation sites excluding steroid dienone is 3. The van der Waals surface area contributed by atoms with Crippen LogP contribution in [0.4, 0.5) is 0 Å². The van der Waals surface area contributed by atoms with Gasteiger partial charge in [-0.15, -0.1) is 11.3 Å². The van der Waals surface area contributed by atoms with Crippen molar-refractivity contribution in [3.8, 4) is 0 Å². The van der Waals surface area contributed by atoms with E-state index < -0.39 is 0 Å². The zero-order chi connectivity index (χ0) is 17.1. The summed E-state index contributed by atoms with van der Waals surface area (Å²) in [6.45, 7) is 2.42. The van der Waals surface area contributed by atoms with Crippen LogP contribution in [0.15, 0.2) is 40.1 Å². The Hall–Kier alpha value is -1.92. The molecule has 1 aromatic heterocycles. The molecule has 0 saturated heterocycles. The van der Waals surface area contributed by atoms with Gasteiger partial charge in [0.2, 0.25) is 0 Å². The minimum Gasteiger partial charge on any atom is -0.460 e. The summed E-state index contributed by atoms with van der Waals surface area (Å²) in [5.74, 6) is -0.596. The fraction of sp³-hybridized carbons (Fsp3) is 0.444. The number of nitrogens with one attached hydrogen (secondary N) is 1. The molecule has 1 aliphatic carbocycles. The van der Waals surface area contributed by atoms with Crippen LogP contribution in [0.1, 0.15) is 37.0 Å². The predicted molar refractivity (Wildman–Crippen MR) is 91.6 cm³/mol. The lowest BCUT2D eigenvalue weighted by molar-refractivity contribution is -0.140. The summed E-state index contributed by atoms with van der Waals surface area (Å²) in [6, 6.07) is 3.92. The van der Waals surface area contributed by atoms with Crippen molar-refractivity contribution in [3.05, 3.63) is 44.9 Å². The summed E-state index contributed by atoms with van der Waals surface area (Å²) in [5, 5.41) is 5.24. The van der Waals surface area contributed by atoms with Gasteiger partial charge in [-0.2, -0.15) is 0 Å². The highest BCUT2D eigenvalue weighted by molar-refractivity contribution is 7.10. The number of thiophene rings is 1. The Morgan fingerprint density at radius 3 is 2.92 bits per heavy atom. The maximum atomic E-state index is 12.7. The highest BCUT2D eigenvalue weighted by Gasteiger charge is 2.39. The van der Waals surface area contributed by atoms with E-state index in [0.717, 1.165) is 34.7 Å². The van der Waals surface area contributed by atoms with E-state index in [2.05, 4.69) is 5.32 Å². The number of esters is 1. The van der Waals surface area contributed by atoms with Crippen LogP contribution in [-0.2, 0) is 19.1 Å². The van der Waals surface area contributed by atoms with Gasteiger partial charge in [-0.05, 0) is 31.2 Å². The first-order valence-corrected chi connectivity index (χ1v) is 8.95. The van der Waals surface area contributed by atoms with Crippen LogP contribution in [0, 0.1) is 0 Å². The number of ketones is 1. The molecule has 0 unspecified atom stereocenters. The van der Waals surface area contributed by atoms with E-state index in [0.29, 0.717) is 18.6 Å². The second-order valence-corrected chi connectivity index (χ2v) is 6.89. The third-order valence-corrected chi connectivity index (χ3v) is 5.28. The molecule has 0 amide bonds. The summed E-state index contributed by atoms with van der Waals surface area (Å²) >= 11 is 1.56. The molecule has 1 atom stereocenters. The van der Waals surface area contributed by atoms with E-state index in [9.17, 15) is 9.59 Å². The third-order valence-electron chi connectivity index (χ3n) is 4.34. The van der Waals surface area contributed by atoms with Crippen LogP contribution in [0.5, 0.6) is 0 Å². The maximum Gasteiger partial charge on any atom is 0.336 e. The second kappa shape index (κ2) is 7.32. The fourth-order valence-corrected chi connectivity index (χ4v) is 4.13. The SMILES string of the molecule is COCCOC(=O)C1=C(C)NC2=C(C(=O)CCC2)[C@H]1c1cccs1. The van der Waals surface area contributed by atoms with Gasteiger partial charge in [0.15, 0.2) is 5.78 Å². The van der Waals surface area contributed by atoms with E-state index in [1.54, 1.807) is 18.4 Å². The highest BCUT2D eigenvalue weighted by atomic mass is 32.1. The van der Waals surface area contributed by atoms with Crippen molar-refractivity contribution in [3.63, 3.8) is 0 Å². The van der Waals surface area contributed by atoms with Gasteiger partial charge in [0.25, 0.3) is 0 Å². The summed E-state index contributed by atoms with van der Waals surface area (Å²) in [4.78, 5) is 26.2. The Morgan fingerprint density at radius 2 is 2.21 bits per heavy atom. The summed E-state index contributed by atoms with van der Waals surface area (Å²) in [7, 11) is 1.56. The Labute approximate surface area is 145 Å². The number of carbonyl (C=O) groups is 2. The van der Waals surface area contributed by atoms with Crippen molar-refractivity contribution in [1.82, 2.24) is 5.32 Å². The van der Waals surface area contributed by atoms with Crippen molar-refractivity contribution in [1.29, 1.82) is 0 Å². The first-order valence-electron chi connectivity index (χ1n) is 8.07. The molecule has 2 aliphatic rings. The van der Waals surface area contributed by atoms with Gasteiger partial charge in [-0.1, -0.05) is 6.07 Å². The van der Waals surface area contributed by atoms with Crippen LogP contribution in [0.3, 0.4) is 0 Å². The zero-order valence-corrected chi connectivity index (χ0v) is 14.7. The number of methoxy groups -OCH3 is 1. The largest absolute Gasteiger partial charge is 0.460 e. The molecule has 0 radical (unpaired) electrons. The molecule has 1 aromatic rings. The molecule has 0 bridgehead atoms. The minimum absolute atomic E-state index is 0.122. The minimum atomic E-state index is -0.389. The fourth-order valence-electron chi connectivity index (χ4n) is 3.29. The van der Waals surface area contributed by atoms with Crippen LogP contribution in [0.2, 0.25) is 0 Å². The van der Waals surface area contributed by atoms with Crippen molar-refractivity contribution < 1.29 is 19.1 Å². The second-order valence-electron chi connectivity index (χ2n) is 5.91. The quantitative estimate of drug-likeness (QED) is 0.655. The Bertz CT molecular complexity index is 703. The number of hydrogen-bond acceptors (Lipinski definition) is 6. The summed E-state index contributed by atoms with van der Waals surface area (Å²) in [5.41, 5.74) is 2.98. The van der Waals surface area contributed by atoms with E-state index >= 15 is 0 Å². The standard InChI is InChI=1S/C18H21NO4S/c1-11-15(18(21)23-9-8-22-2)17(14-7-4-10-24-14)16-12(19-11)5-3-6-13(16)20/h4,7,10,17,19H,3,5-6,8-9H2,1-2H3/t17-/m0/s1. The number of Topliss-reactive ketones (excluding diaryl/α,β-unsaturated/α-hetero) is 1. The average Bonchev–Trinajstić information content (AvgIpc) is 3.08. The van der Waals surface area contributed by atoms with Crippen molar-refractivity contribution in [2.75, 3.05) is 20.3 Å². The summed E-state index contributed by atoms with van der Waals surface area (Å²) < 4.78 is 10.3. The van der Waals surface area contributed by atoms with Crippen molar-refractivity contribution in [2.24, 2.45) is 0 Å². The van der Waals surface area contributed by atoms with Gasteiger partial charge in [0, 0.05) is 35.4 Å². The Kier molecular flexibility index (Phi) is 5.16. The van der Waals surface area contributed by atoms with Gasteiger partial charge < -0.3 is 14.8 Å². The van der Waals surface area contributed by atoms with Gasteiger partial charge in [0.05, 0.1) is 18.1 Å². The van der Waals surface area contributed by atoms with Gasteiger partial charge >= 0.3 is 5.97 Å². The van der Waals surface area contributed by atoms with Crippen LogP contribution >= 0.6 is 11.3 Å². The number of hydrogen-bond donors (Lipinski definition) is 1. The monoisotopic (exact) mass is 347 g/mol. The Morgan fingerprint density at radius 1 is 1.38 bits per heavy atom. The van der Waals surface area contributed by atoms with Gasteiger partial charge in [-0.25, -0.2) is 4.79 Å². The molecule has 2 heterocycles. The van der Waals surface area contributed by atoms with Crippen LogP contribution in [-0.4, -0.2) is 32.1 Å². The molecule has 3 rings (SSSR count). The number of rotatable bonds is 5. The molecule has 6 heteroatoms. The predicted octanol–water partition coefficient (Wildman–Crippen LogP) is 2.91. The molecular formula is C18H21NO4S. The molecule has 0 aromatic carbocycles. The van der Waals surface area contributed by atoms with E-state index in [4.69, 9.17) is 9.47 Å². The van der Waals surface area contributed by atoms with Crippen LogP contribution < -0.4 is 5.32 Å². The number of ether oxygens (including phenoxy) is 2. The summed E-state index contributed by atoms with van der Waals surface area (Å²) in [6.07, 6.45) is 2.22. The third kappa shape index (κ3) is 3.16. The molecule has 0 spiro atoms. The smallest absolute Gasteiger partial charge is 0.336 e. The van der Waals surface area contributed by atoms with Crippen molar-refractivity contribution in [2.45, 2.75) is 32.1 Å². The van der Waals surface area contributed by atoms with Gasteiger partial charge in [-0.3, -0.25) is 4.79 Å². The first kappa shape index (κ1) is 16.9. The van der Waals surface area contributed by atoms with E-state index in [1.807, 2.05) is 24.4 Å². The lowest BCUT2D eigenvalue weighted by Gasteiger charge is -2.33. The molecule has 1 N–H and O–H groups in total. The molecule has 128 valence electrons. The zero-order valence-electron chi connectivity index (χ0n) is 13.9. The average molecular weight is 347 g/mol. The molecule has 0 fully saturated rings. The molecule has 0 saturated carbocycles. The van der Waals surface area contributed by atoms with E-state index in [1.165, 1.54) is 0 Å².